The SMILES string of the molecule is C=CC(=O)NC1CC(CO)N(S(=O)(=O)c2ccc(CC(=O)NCc3ccccc3)cc2)C1. The second-order valence-corrected chi connectivity index (χ2v) is 9.53. The van der Waals surface area contributed by atoms with Gasteiger partial charge in [0, 0.05) is 19.1 Å². The van der Waals surface area contributed by atoms with E-state index in [1.807, 2.05) is 30.3 Å². The number of hydrogen-bond donors (Lipinski definition) is 3. The van der Waals surface area contributed by atoms with Crippen LogP contribution in [0.3, 0.4) is 0 Å². The first-order chi connectivity index (χ1) is 15.3. The topological polar surface area (TPSA) is 116 Å². The highest BCUT2D eigenvalue weighted by molar-refractivity contribution is 7.89. The van der Waals surface area contributed by atoms with Gasteiger partial charge in [0.15, 0.2) is 0 Å². The number of benzene rings is 2. The van der Waals surface area contributed by atoms with E-state index < -0.39 is 22.1 Å². The van der Waals surface area contributed by atoms with E-state index in [0.29, 0.717) is 18.5 Å². The zero-order valence-electron chi connectivity index (χ0n) is 17.6. The van der Waals surface area contributed by atoms with Gasteiger partial charge in [-0.15, -0.1) is 0 Å². The summed E-state index contributed by atoms with van der Waals surface area (Å²) in [6.45, 7) is 3.53. The summed E-state index contributed by atoms with van der Waals surface area (Å²) in [5, 5.41) is 15.2. The number of hydrogen-bond acceptors (Lipinski definition) is 5. The van der Waals surface area contributed by atoms with Crippen molar-refractivity contribution in [2.75, 3.05) is 13.2 Å². The van der Waals surface area contributed by atoms with Crippen molar-refractivity contribution in [1.29, 1.82) is 0 Å². The summed E-state index contributed by atoms with van der Waals surface area (Å²) in [5.74, 6) is -0.550. The maximum absolute atomic E-state index is 13.1. The van der Waals surface area contributed by atoms with Crippen LogP contribution in [-0.2, 0) is 32.6 Å². The Morgan fingerprint density at radius 3 is 2.41 bits per heavy atom. The molecule has 0 aliphatic carbocycles. The summed E-state index contributed by atoms with van der Waals surface area (Å²) in [5.41, 5.74) is 1.68. The smallest absolute Gasteiger partial charge is 0.243 e. The molecule has 8 nitrogen and oxygen atoms in total. The number of carbonyl (C=O) groups excluding carboxylic acids is 2. The van der Waals surface area contributed by atoms with Crippen LogP contribution < -0.4 is 10.6 Å². The number of aliphatic hydroxyl groups is 1. The van der Waals surface area contributed by atoms with Crippen molar-refractivity contribution in [3.8, 4) is 0 Å². The van der Waals surface area contributed by atoms with Crippen LogP contribution in [0.25, 0.3) is 0 Å². The first-order valence-electron chi connectivity index (χ1n) is 10.3. The Morgan fingerprint density at radius 1 is 1.09 bits per heavy atom. The van der Waals surface area contributed by atoms with E-state index >= 15 is 0 Å². The van der Waals surface area contributed by atoms with Crippen molar-refractivity contribution in [2.45, 2.75) is 36.4 Å². The minimum Gasteiger partial charge on any atom is -0.395 e. The van der Waals surface area contributed by atoms with Crippen molar-refractivity contribution in [1.82, 2.24) is 14.9 Å². The zero-order chi connectivity index (χ0) is 23.1. The van der Waals surface area contributed by atoms with Crippen LogP contribution in [0, 0.1) is 0 Å². The lowest BCUT2D eigenvalue weighted by molar-refractivity contribution is -0.120. The van der Waals surface area contributed by atoms with Gasteiger partial charge in [0.25, 0.3) is 0 Å². The molecule has 32 heavy (non-hydrogen) atoms. The molecule has 2 atom stereocenters. The Hall–Kier alpha value is -3.01. The molecule has 2 amide bonds. The molecule has 1 aliphatic heterocycles. The molecular formula is C23H27N3O5S. The Kier molecular flexibility index (Phi) is 7.79. The summed E-state index contributed by atoms with van der Waals surface area (Å²) in [6.07, 6.45) is 1.57. The molecule has 0 aromatic heterocycles. The minimum atomic E-state index is -3.87. The average molecular weight is 458 g/mol. The molecule has 1 fully saturated rings. The molecule has 9 heteroatoms. The monoisotopic (exact) mass is 457 g/mol. The predicted molar refractivity (Wildman–Crippen MR) is 120 cm³/mol. The maximum Gasteiger partial charge on any atom is 0.243 e. The summed E-state index contributed by atoms with van der Waals surface area (Å²) < 4.78 is 27.4. The van der Waals surface area contributed by atoms with Crippen molar-refractivity contribution >= 4 is 21.8 Å². The van der Waals surface area contributed by atoms with E-state index in [1.54, 1.807) is 12.1 Å². The standard InChI is InChI=1S/C23H27N3O5S/c1-2-22(28)25-19-13-20(16-27)26(15-19)32(30,31)21-10-8-17(9-11-21)12-23(29)24-14-18-6-4-3-5-7-18/h2-11,19-20,27H,1,12-16H2,(H,24,29)(H,25,28). The Morgan fingerprint density at radius 2 is 1.78 bits per heavy atom. The first kappa shape index (κ1) is 23.6. The first-order valence-corrected chi connectivity index (χ1v) is 11.7. The van der Waals surface area contributed by atoms with E-state index in [9.17, 15) is 23.1 Å². The van der Waals surface area contributed by atoms with E-state index in [0.717, 1.165) is 11.6 Å². The highest BCUT2D eigenvalue weighted by atomic mass is 32.2. The lowest BCUT2D eigenvalue weighted by Gasteiger charge is -2.22. The Bertz CT molecular complexity index is 1050. The van der Waals surface area contributed by atoms with E-state index in [-0.39, 0.29) is 36.3 Å². The fourth-order valence-corrected chi connectivity index (χ4v) is 5.34. The third-order valence-electron chi connectivity index (χ3n) is 5.33. The van der Waals surface area contributed by atoms with Gasteiger partial charge in [0.1, 0.15) is 0 Å². The number of sulfonamides is 1. The van der Waals surface area contributed by atoms with Gasteiger partial charge in [-0.1, -0.05) is 49.0 Å². The maximum atomic E-state index is 13.1. The average Bonchev–Trinajstić information content (AvgIpc) is 3.22. The van der Waals surface area contributed by atoms with Gasteiger partial charge in [-0.25, -0.2) is 8.42 Å². The largest absolute Gasteiger partial charge is 0.395 e. The van der Waals surface area contributed by atoms with Gasteiger partial charge in [0.2, 0.25) is 21.8 Å². The predicted octanol–water partition coefficient (Wildman–Crippen LogP) is 0.972. The molecule has 0 radical (unpaired) electrons. The van der Waals surface area contributed by atoms with Gasteiger partial charge in [-0.3, -0.25) is 9.59 Å². The van der Waals surface area contributed by atoms with Crippen molar-refractivity contribution in [2.24, 2.45) is 0 Å². The molecular weight excluding hydrogens is 430 g/mol. The van der Waals surface area contributed by atoms with Gasteiger partial charge < -0.3 is 15.7 Å². The van der Waals surface area contributed by atoms with Gasteiger partial charge in [-0.2, -0.15) is 4.31 Å². The fraction of sp³-hybridized carbons (Fsp3) is 0.304. The molecule has 3 rings (SSSR count). The number of aliphatic hydroxyl groups excluding tert-OH is 1. The Labute approximate surface area is 188 Å². The molecule has 2 aromatic carbocycles. The van der Waals surface area contributed by atoms with Crippen LogP contribution >= 0.6 is 0 Å². The quantitative estimate of drug-likeness (QED) is 0.486. The van der Waals surface area contributed by atoms with Crippen LogP contribution in [0.2, 0.25) is 0 Å². The summed E-state index contributed by atoms with van der Waals surface area (Å²) in [4.78, 5) is 23.8. The number of rotatable bonds is 9. The lowest BCUT2D eigenvalue weighted by Crippen LogP contribution is -2.39. The number of nitrogens with zero attached hydrogens (tertiary/aromatic N) is 1. The molecule has 1 heterocycles. The number of carbonyl (C=O) groups is 2. The van der Waals surface area contributed by atoms with Gasteiger partial charge >= 0.3 is 0 Å². The molecule has 0 saturated carbocycles. The van der Waals surface area contributed by atoms with Crippen LogP contribution in [0.1, 0.15) is 17.5 Å². The molecule has 170 valence electrons. The Balaban J connectivity index is 1.63. The fourth-order valence-electron chi connectivity index (χ4n) is 3.67. The van der Waals surface area contributed by atoms with Crippen molar-refractivity contribution < 1.29 is 23.1 Å². The van der Waals surface area contributed by atoms with Crippen LogP contribution in [0.5, 0.6) is 0 Å². The third-order valence-corrected chi connectivity index (χ3v) is 7.27. The van der Waals surface area contributed by atoms with Crippen LogP contribution in [0.4, 0.5) is 0 Å². The van der Waals surface area contributed by atoms with E-state index in [2.05, 4.69) is 17.2 Å². The number of amides is 2. The van der Waals surface area contributed by atoms with Crippen LogP contribution in [0.15, 0.2) is 72.1 Å². The summed E-state index contributed by atoms with van der Waals surface area (Å²) in [6, 6.07) is 14.7. The van der Waals surface area contributed by atoms with Crippen molar-refractivity contribution in [3.63, 3.8) is 0 Å². The summed E-state index contributed by atoms with van der Waals surface area (Å²) in [7, 11) is -3.87. The number of nitrogens with one attached hydrogen (secondary N) is 2. The molecule has 2 aromatic rings. The summed E-state index contributed by atoms with van der Waals surface area (Å²) >= 11 is 0. The van der Waals surface area contributed by atoms with E-state index in [1.165, 1.54) is 16.4 Å². The second kappa shape index (κ2) is 10.5. The molecule has 3 N–H and O–H groups in total. The molecule has 1 aliphatic rings. The highest BCUT2D eigenvalue weighted by Gasteiger charge is 2.40. The molecule has 0 spiro atoms. The molecule has 2 unspecified atom stereocenters. The second-order valence-electron chi connectivity index (χ2n) is 7.64. The van der Waals surface area contributed by atoms with E-state index in [4.69, 9.17) is 0 Å². The van der Waals surface area contributed by atoms with Gasteiger partial charge in [0.05, 0.1) is 24.0 Å². The third kappa shape index (κ3) is 5.82. The van der Waals surface area contributed by atoms with Crippen molar-refractivity contribution in [3.05, 3.63) is 78.4 Å². The normalized spacial score (nSPS) is 18.8. The molecule has 0 bridgehead atoms. The lowest BCUT2D eigenvalue weighted by atomic mass is 10.1. The van der Waals surface area contributed by atoms with Gasteiger partial charge in [-0.05, 0) is 35.8 Å². The highest BCUT2D eigenvalue weighted by Crippen LogP contribution is 2.26. The molecule has 1 saturated heterocycles. The minimum absolute atomic E-state index is 0.0663. The zero-order valence-corrected chi connectivity index (χ0v) is 18.4. The van der Waals surface area contributed by atoms with Crippen LogP contribution in [-0.4, -0.2) is 54.9 Å².